The summed E-state index contributed by atoms with van der Waals surface area (Å²) >= 11 is 2.85. The molecular formula is C13H15N3O2S2. The lowest BCUT2D eigenvalue weighted by molar-refractivity contribution is -0.127. The summed E-state index contributed by atoms with van der Waals surface area (Å²) in [6, 6.07) is 7.71. The fraction of sp³-hybridized carbons (Fsp3) is 0.308. The van der Waals surface area contributed by atoms with Crippen molar-refractivity contribution in [2.24, 2.45) is 0 Å². The summed E-state index contributed by atoms with van der Waals surface area (Å²) in [5.74, 6) is 1.23. The van der Waals surface area contributed by atoms with E-state index in [1.54, 1.807) is 24.6 Å². The van der Waals surface area contributed by atoms with Crippen LogP contribution in [0.5, 0.6) is 5.75 Å². The molecule has 0 aliphatic carbocycles. The summed E-state index contributed by atoms with van der Waals surface area (Å²) in [5.41, 5.74) is 2.70. The van der Waals surface area contributed by atoms with Crippen LogP contribution in [0, 0.1) is 0 Å². The molecular weight excluding hydrogens is 294 g/mol. The Hall–Kier alpha value is -1.60. The number of amides is 1. The number of benzene rings is 1. The van der Waals surface area contributed by atoms with Crippen LogP contribution in [0.3, 0.4) is 0 Å². The minimum atomic E-state index is 0.0630. The van der Waals surface area contributed by atoms with Crippen LogP contribution in [0.15, 0.2) is 34.1 Å². The molecule has 0 fully saturated rings. The molecule has 7 heteroatoms. The van der Waals surface area contributed by atoms with Gasteiger partial charge in [-0.2, -0.15) is 0 Å². The smallest absolute Gasteiger partial charge is 0.233 e. The predicted octanol–water partition coefficient (Wildman–Crippen LogP) is 2.30. The zero-order valence-electron chi connectivity index (χ0n) is 11.3. The molecule has 0 spiro atoms. The van der Waals surface area contributed by atoms with Crippen LogP contribution in [-0.2, 0) is 11.3 Å². The van der Waals surface area contributed by atoms with E-state index in [2.05, 4.69) is 10.2 Å². The van der Waals surface area contributed by atoms with Crippen LogP contribution in [0.4, 0.5) is 0 Å². The Morgan fingerprint density at radius 1 is 1.50 bits per heavy atom. The van der Waals surface area contributed by atoms with E-state index in [0.717, 1.165) is 15.7 Å². The summed E-state index contributed by atoms with van der Waals surface area (Å²) in [6.45, 7) is 0.562. The zero-order chi connectivity index (χ0) is 14.4. The lowest BCUT2D eigenvalue weighted by Crippen LogP contribution is -2.27. The van der Waals surface area contributed by atoms with Gasteiger partial charge in [0, 0.05) is 13.6 Å². The van der Waals surface area contributed by atoms with Gasteiger partial charge in [-0.3, -0.25) is 4.79 Å². The first-order valence-electron chi connectivity index (χ1n) is 5.95. The van der Waals surface area contributed by atoms with Gasteiger partial charge in [0.15, 0.2) is 4.34 Å². The Labute approximate surface area is 126 Å². The largest absolute Gasteiger partial charge is 0.497 e. The highest BCUT2D eigenvalue weighted by Crippen LogP contribution is 2.19. The number of thioether (sulfide) groups is 1. The van der Waals surface area contributed by atoms with Gasteiger partial charge in [0.2, 0.25) is 5.91 Å². The average molecular weight is 309 g/mol. The summed E-state index contributed by atoms with van der Waals surface area (Å²) in [4.78, 5) is 13.7. The average Bonchev–Trinajstić information content (AvgIpc) is 2.98. The molecule has 0 radical (unpaired) electrons. The molecule has 1 aromatic heterocycles. The maximum atomic E-state index is 12.0. The number of carbonyl (C=O) groups is 1. The predicted molar refractivity (Wildman–Crippen MR) is 80.1 cm³/mol. The van der Waals surface area contributed by atoms with Crippen molar-refractivity contribution in [2.45, 2.75) is 10.9 Å². The second kappa shape index (κ2) is 7.25. The van der Waals surface area contributed by atoms with Crippen LogP contribution >= 0.6 is 23.1 Å². The molecule has 0 aliphatic rings. The van der Waals surface area contributed by atoms with Gasteiger partial charge in [0.1, 0.15) is 11.3 Å². The van der Waals surface area contributed by atoms with Crippen molar-refractivity contribution in [1.82, 2.24) is 15.1 Å². The van der Waals surface area contributed by atoms with Crippen molar-refractivity contribution in [2.75, 3.05) is 19.9 Å². The quantitative estimate of drug-likeness (QED) is 0.766. The van der Waals surface area contributed by atoms with Gasteiger partial charge in [0.25, 0.3) is 0 Å². The number of aromatic nitrogens is 2. The van der Waals surface area contributed by atoms with Crippen LogP contribution in [-0.4, -0.2) is 40.9 Å². The first-order valence-corrected chi connectivity index (χ1v) is 7.81. The van der Waals surface area contributed by atoms with Crippen molar-refractivity contribution in [3.05, 3.63) is 35.3 Å². The fourth-order valence-electron chi connectivity index (χ4n) is 1.59. The maximum Gasteiger partial charge on any atom is 0.233 e. The van der Waals surface area contributed by atoms with Crippen molar-refractivity contribution in [1.29, 1.82) is 0 Å². The number of rotatable bonds is 6. The number of nitrogens with zero attached hydrogens (tertiary/aromatic N) is 3. The summed E-state index contributed by atoms with van der Waals surface area (Å²) in [7, 11) is 3.43. The van der Waals surface area contributed by atoms with E-state index in [1.165, 1.54) is 23.1 Å². The van der Waals surface area contributed by atoms with E-state index in [-0.39, 0.29) is 5.91 Å². The third kappa shape index (κ3) is 4.21. The monoisotopic (exact) mass is 309 g/mol. The standard InChI is InChI=1S/C13H15N3O2S2/c1-16(7-10-4-3-5-11(6-10)18-2)12(17)8-19-13-15-14-9-20-13/h3-6,9H,7-8H2,1-2H3. The first-order chi connectivity index (χ1) is 9.69. The molecule has 0 saturated heterocycles. The second-order valence-corrected chi connectivity index (χ2v) is 6.15. The minimum Gasteiger partial charge on any atom is -0.497 e. The molecule has 1 heterocycles. The number of methoxy groups -OCH3 is 1. The molecule has 1 aromatic carbocycles. The molecule has 0 N–H and O–H groups in total. The van der Waals surface area contributed by atoms with Gasteiger partial charge in [-0.1, -0.05) is 35.2 Å². The molecule has 106 valence electrons. The van der Waals surface area contributed by atoms with Gasteiger partial charge in [-0.25, -0.2) is 0 Å². The number of carbonyl (C=O) groups excluding carboxylic acids is 1. The summed E-state index contributed by atoms with van der Waals surface area (Å²) < 4.78 is 5.99. The van der Waals surface area contributed by atoms with Gasteiger partial charge in [0.05, 0.1) is 12.9 Å². The van der Waals surface area contributed by atoms with Gasteiger partial charge >= 0.3 is 0 Å². The van der Waals surface area contributed by atoms with Crippen molar-refractivity contribution < 1.29 is 9.53 Å². The second-order valence-electron chi connectivity index (χ2n) is 4.09. The molecule has 1 amide bonds. The molecule has 5 nitrogen and oxygen atoms in total. The first kappa shape index (κ1) is 14.8. The van der Waals surface area contributed by atoms with E-state index in [1.807, 2.05) is 24.3 Å². The SMILES string of the molecule is COc1cccc(CN(C)C(=O)CSc2nncs2)c1. The number of hydrogen-bond donors (Lipinski definition) is 0. The topological polar surface area (TPSA) is 55.3 Å². The Balaban J connectivity index is 1.86. The highest BCUT2D eigenvalue weighted by Gasteiger charge is 2.11. The van der Waals surface area contributed by atoms with Gasteiger partial charge in [-0.05, 0) is 17.7 Å². The van der Waals surface area contributed by atoms with E-state index >= 15 is 0 Å². The van der Waals surface area contributed by atoms with Crippen LogP contribution in [0.1, 0.15) is 5.56 Å². The fourth-order valence-corrected chi connectivity index (χ4v) is 3.02. The molecule has 0 saturated carbocycles. The molecule has 2 aromatic rings. The molecule has 2 rings (SSSR count). The molecule has 0 atom stereocenters. The van der Waals surface area contributed by atoms with Crippen molar-refractivity contribution in [3.8, 4) is 5.75 Å². The van der Waals surface area contributed by atoms with E-state index in [4.69, 9.17) is 4.74 Å². The van der Waals surface area contributed by atoms with Gasteiger partial charge in [-0.15, -0.1) is 10.2 Å². The zero-order valence-corrected chi connectivity index (χ0v) is 12.9. The summed E-state index contributed by atoms with van der Waals surface area (Å²) in [5, 5.41) is 7.64. The third-order valence-electron chi connectivity index (χ3n) is 2.64. The van der Waals surface area contributed by atoms with Crippen molar-refractivity contribution in [3.63, 3.8) is 0 Å². The number of hydrogen-bond acceptors (Lipinski definition) is 6. The van der Waals surface area contributed by atoms with Crippen molar-refractivity contribution >= 4 is 29.0 Å². The third-order valence-corrected chi connectivity index (χ3v) is 4.48. The van der Waals surface area contributed by atoms with Crippen LogP contribution < -0.4 is 4.74 Å². The normalized spacial score (nSPS) is 10.3. The van der Waals surface area contributed by atoms with E-state index < -0.39 is 0 Å². The Morgan fingerprint density at radius 2 is 2.35 bits per heavy atom. The van der Waals surface area contributed by atoms with Crippen LogP contribution in [0.25, 0.3) is 0 Å². The Kier molecular flexibility index (Phi) is 5.37. The lowest BCUT2D eigenvalue weighted by atomic mass is 10.2. The molecule has 0 aliphatic heterocycles. The molecule has 0 unspecified atom stereocenters. The number of ether oxygens (including phenoxy) is 1. The van der Waals surface area contributed by atoms with Gasteiger partial charge < -0.3 is 9.64 Å². The molecule has 20 heavy (non-hydrogen) atoms. The minimum absolute atomic E-state index is 0.0630. The molecule has 0 bridgehead atoms. The van der Waals surface area contributed by atoms with Crippen LogP contribution in [0.2, 0.25) is 0 Å². The Bertz CT molecular complexity index is 561. The summed E-state index contributed by atoms with van der Waals surface area (Å²) in [6.07, 6.45) is 0. The Morgan fingerprint density at radius 3 is 3.05 bits per heavy atom. The maximum absolute atomic E-state index is 12.0. The highest BCUT2D eigenvalue weighted by molar-refractivity contribution is 8.01. The van der Waals surface area contributed by atoms with E-state index in [0.29, 0.717) is 12.3 Å². The highest BCUT2D eigenvalue weighted by atomic mass is 32.2. The van der Waals surface area contributed by atoms with E-state index in [9.17, 15) is 4.79 Å². The lowest BCUT2D eigenvalue weighted by Gasteiger charge is -2.17.